The molecular weight excluding hydrogens is 899 g/mol. The molecule has 376 valence electrons. The van der Waals surface area contributed by atoms with Gasteiger partial charge in [-0.2, -0.15) is 5.26 Å². The maximum atomic E-state index is 14.4. The Morgan fingerprint density at radius 2 is 1.55 bits per heavy atom. The molecule has 3 aromatic rings. The number of Topliss-reactive ketones (excluding diaryl/α,β-unsaturated/α-hetero) is 1. The number of nitrogens with zero attached hydrogens (tertiary/aromatic N) is 3. The van der Waals surface area contributed by atoms with E-state index in [0.717, 1.165) is 29.4 Å². The lowest BCUT2D eigenvalue weighted by Crippen LogP contribution is -2.47. The minimum atomic E-state index is -1.05. The SMILES string of the molecule is CC/C(=C(\c1ccccc1)c1ccc(OCC[N+](C)(C)CCN(C#N)C2=C3C[C@@H](C)C[C@H](OC)[C@H](O)[C@@H](C)/C=C(\C)[C@H](OC(N)=O)[C@@H](OC)/C=C\C=C(/C)C(=O)NC(=CC2=O)C3=O)cc1)c1ccccc1. The van der Waals surface area contributed by atoms with Crippen LogP contribution in [-0.4, -0.2) is 117 Å². The van der Waals surface area contributed by atoms with E-state index in [-0.39, 0.29) is 47.8 Å². The minimum Gasteiger partial charge on any atom is -0.488 e. The number of allylic oxidation sites excluding steroid dienone is 5. The molecule has 3 aromatic carbocycles. The quantitative estimate of drug-likeness (QED) is 0.0334. The van der Waals surface area contributed by atoms with E-state index in [0.29, 0.717) is 29.8 Å². The van der Waals surface area contributed by atoms with Crippen molar-refractivity contribution in [1.82, 2.24) is 10.2 Å². The number of aliphatic hydroxyl groups is 1. The summed E-state index contributed by atoms with van der Waals surface area (Å²) in [5, 5.41) is 24.8. The smallest absolute Gasteiger partial charge is 0.405 e. The van der Waals surface area contributed by atoms with Gasteiger partial charge in [0.1, 0.15) is 30.7 Å². The summed E-state index contributed by atoms with van der Waals surface area (Å²) in [6.07, 6.45) is 6.11. The van der Waals surface area contributed by atoms with E-state index in [1.54, 1.807) is 26.0 Å². The highest BCUT2D eigenvalue weighted by Crippen LogP contribution is 2.35. The monoisotopic (exact) mass is 969 g/mol. The molecule has 1 aliphatic carbocycles. The molecule has 2 bridgehead atoms. The Hall–Kier alpha value is -6.89. The molecule has 0 fully saturated rings. The second-order valence-corrected chi connectivity index (χ2v) is 18.9. The van der Waals surface area contributed by atoms with Crippen molar-refractivity contribution >= 4 is 34.7 Å². The first kappa shape index (κ1) is 55.0. The predicted octanol–water partition coefficient (Wildman–Crippen LogP) is 8.07. The molecule has 14 nitrogen and oxygen atoms in total. The van der Waals surface area contributed by atoms with Crippen molar-refractivity contribution in [2.75, 3.05) is 54.6 Å². The first-order valence-corrected chi connectivity index (χ1v) is 24.1. The molecule has 2 amide bonds. The molecule has 1 heterocycles. The van der Waals surface area contributed by atoms with Gasteiger partial charge >= 0.3 is 6.09 Å². The second kappa shape index (κ2) is 25.8. The third-order valence-electron chi connectivity index (χ3n) is 13.0. The number of amides is 2. The molecule has 5 rings (SSSR count). The van der Waals surface area contributed by atoms with Gasteiger partial charge in [0.05, 0.1) is 45.1 Å². The van der Waals surface area contributed by atoms with Gasteiger partial charge in [0.2, 0.25) is 11.6 Å². The Labute approximate surface area is 419 Å². The Bertz CT molecular complexity index is 2590. The number of quaternary nitrogens is 1. The summed E-state index contributed by atoms with van der Waals surface area (Å²) in [6, 6.07) is 29.0. The summed E-state index contributed by atoms with van der Waals surface area (Å²) in [4.78, 5) is 55.3. The molecule has 0 radical (unpaired) electrons. The average molecular weight is 969 g/mol. The highest BCUT2D eigenvalue weighted by molar-refractivity contribution is 6.23. The number of nitrogens with two attached hydrogens (primary N) is 1. The molecule has 0 saturated heterocycles. The number of aliphatic hydroxyl groups excluding tert-OH is 1. The van der Waals surface area contributed by atoms with Crippen LogP contribution in [-0.2, 0) is 28.6 Å². The maximum Gasteiger partial charge on any atom is 0.405 e. The molecule has 2 aliphatic rings. The van der Waals surface area contributed by atoms with E-state index in [4.69, 9.17) is 24.7 Å². The molecule has 6 atom stereocenters. The number of hydrogen-bond acceptors (Lipinski definition) is 11. The lowest BCUT2D eigenvalue weighted by molar-refractivity contribution is -0.889. The van der Waals surface area contributed by atoms with Crippen LogP contribution in [0.25, 0.3) is 11.1 Å². The van der Waals surface area contributed by atoms with Crippen LogP contribution in [0.1, 0.15) is 70.6 Å². The number of ketones is 2. The number of nitrogens with one attached hydrogen (secondary N) is 1. The van der Waals surface area contributed by atoms with Crippen LogP contribution in [0.3, 0.4) is 0 Å². The number of methoxy groups -OCH3 is 2. The number of benzene rings is 3. The first-order chi connectivity index (χ1) is 33.9. The van der Waals surface area contributed by atoms with Gasteiger partial charge in [-0.15, -0.1) is 0 Å². The number of nitriles is 1. The van der Waals surface area contributed by atoms with Gasteiger partial charge in [-0.3, -0.25) is 19.3 Å². The fraction of sp³-hybridized carbons (Fsp3) is 0.386. The van der Waals surface area contributed by atoms with Crippen LogP contribution in [0.15, 0.2) is 143 Å². The van der Waals surface area contributed by atoms with Gasteiger partial charge in [-0.25, -0.2) is 4.79 Å². The van der Waals surface area contributed by atoms with Crippen molar-refractivity contribution in [2.24, 2.45) is 17.6 Å². The van der Waals surface area contributed by atoms with E-state index in [1.165, 1.54) is 54.9 Å². The second-order valence-electron chi connectivity index (χ2n) is 18.9. The Kier molecular flexibility index (Phi) is 20.0. The number of rotatable bonds is 15. The van der Waals surface area contributed by atoms with Gasteiger partial charge in [0.15, 0.2) is 12.3 Å². The van der Waals surface area contributed by atoms with Crippen LogP contribution in [0.4, 0.5) is 4.79 Å². The molecule has 14 heteroatoms. The van der Waals surface area contributed by atoms with E-state index in [9.17, 15) is 29.5 Å². The third kappa shape index (κ3) is 14.8. The molecule has 0 unspecified atom stereocenters. The lowest BCUT2D eigenvalue weighted by Gasteiger charge is -2.33. The van der Waals surface area contributed by atoms with Crippen LogP contribution in [0.5, 0.6) is 5.75 Å². The zero-order chi connectivity index (χ0) is 51.8. The normalized spacial score (nSPS) is 24.0. The summed E-state index contributed by atoms with van der Waals surface area (Å²) < 4.78 is 23.6. The molecule has 0 saturated carbocycles. The number of hydrogen-bond donors (Lipinski definition) is 3. The summed E-state index contributed by atoms with van der Waals surface area (Å²) in [6.45, 7) is 10.6. The van der Waals surface area contributed by atoms with Gasteiger partial charge in [0, 0.05) is 37.4 Å². The number of likely N-dealkylation sites (N-methyl/N-ethyl adjacent to an activating group) is 1. The fourth-order valence-corrected chi connectivity index (χ4v) is 8.97. The van der Waals surface area contributed by atoms with E-state index < -0.39 is 53.9 Å². The van der Waals surface area contributed by atoms with Crippen molar-refractivity contribution in [3.63, 3.8) is 0 Å². The fourth-order valence-electron chi connectivity index (χ4n) is 8.97. The predicted molar refractivity (Wildman–Crippen MR) is 275 cm³/mol. The third-order valence-corrected chi connectivity index (χ3v) is 13.0. The lowest BCUT2D eigenvalue weighted by atomic mass is 9.85. The molecule has 0 spiro atoms. The van der Waals surface area contributed by atoms with Crippen LogP contribution < -0.4 is 15.8 Å². The van der Waals surface area contributed by atoms with Gasteiger partial charge in [-0.1, -0.05) is 118 Å². The zero-order valence-corrected chi connectivity index (χ0v) is 42.5. The Morgan fingerprint density at radius 1 is 0.915 bits per heavy atom. The average Bonchev–Trinajstić information content (AvgIpc) is 3.35. The highest BCUT2D eigenvalue weighted by atomic mass is 16.6. The molecule has 4 N–H and O–H groups in total. The summed E-state index contributed by atoms with van der Waals surface area (Å²) in [5.74, 6) is -2.00. The number of carbonyl (C=O) groups excluding carboxylic acids is 4. The topological polar surface area (TPSA) is 191 Å². The van der Waals surface area contributed by atoms with Crippen LogP contribution in [0, 0.1) is 23.3 Å². The van der Waals surface area contributed by atoms with Gasteiger partial charge in [-0.05, 0) is 84.6 Å². The van der Waals surface area contributed by atoms with Crippen LogP contribution in [0.2, 0.25) is 0 Å². The van der Waals surface area contributed by atoms with Crippen molar-refractivity contribution in [1.29, 1.82) is 5.26 Å². The Morgan fingerprint density at radius 3 is 2.14 bits per heavy atom. The van der Waals surface area contributed by atoms with E-state index >= 15 is 0 Å². The Balaban J connectivity index is 1.36. The molecular formula is C57H70N5O9+. The van der Waals surface area contributed by atoms with Gasteiger partial charge in [0.25, 0.3) is 5.91 Å². The molecule has 71 heavy (non-hydrogen) atoms. The van der Waals surface area contributed by atoms with Crippen molar-refractivity contribution < 1.29 is 47.7 Å². The number of ether oxygens (including phenoxy) is 4. The number of carbonyl (C=O) groups is 4. The van der Waals surface area contributed by atoms with Crippen LogP contribution >= 0.6 is 0 Å². The molecule has 0 aromatic heterocycles. The van der Waals surface area contributed by atoms with Crippen molar-refractivity contribution in [3.8, 4) is 11.9 Å². The first-order valence-electron chi connectivity index (χ1n) is 24.1. The maximum absolute atomic E-state index is 14.4. The summed E-state index contributed by atoms with van der Waals surface area (Å²) >= 11 is 0. The van der Waals surface area contributed by atoms with Gasteiger partial charge < -0.3 is 39.6 Å². The van der Waals surface area contributed by atoms with E-state index in [1.807, 2.05) is 45.3 Å². The van der Waals surface area contributed by atoms with Crippen molar-refractivity contribution in [3.05, 3.63) is 160 Å². The summed E-state index contributed by atoms with van der Waals surface area (Å²) in [5.41, 5.74) is 11.8. The largest absolute Gasteiger partial charge is 0.488 e. The standard InChI is InChI=1S/C57H69N5O9/c1-10-45(41-19-13-11-14-20-41)51(42-21-15-12-16-22-42)43-24-26-44(27-25-43)70-31-30-62(6,7)29-28-61(36-58)52-46-32-37(2)33-50(69-9)53(64)39(4)34-40(5)55(71-57(59)67)49(68-8)23-17-18-38(3)56(66)60-47(54(46)65)35-48(52)63/h11-27,34-35,37,39,49-50,53,55,64H,10,28-33H2,1-9H3,(H2-,59,60,63,66,67)/p+1/b23-17-,38-18+,40-34+,51-45-/t37-,39+,49+,50+,53-,55+/m1/s1. The minimum absolute atomic E-state index is 0.0300. The number of primary amides is 1. The highest BCUT2D eigenvalue weighted by Gasteiger charge is 2.36. The molecule has 1 aliphatic heterocycles. The van der Waals surface area contributed by atoms with Crippen molar-refractivity contribution in [2.45, 2.75) is 78.3 Å². The number of fused-ring (bicyclic) bond motifs is 2. The van der Waals surface area contributed by atoms with E-state index in [2.05, 4.69) is 79.1 Å². The summed E-state index contributed by atoms with van der Waals surface area (Å²) in [7, 11) is 6.92. The zero-order valence-electron chi connectivity index (χ0n) is 42.5.